The van der Waals surface area contributed by atoms with Crippen LogP contribution < -0.4 is 5.46 Å². The van der Waals surface area contributed by atoms with Gasteiger partial charge in [0.2, 0.25) is 10.5 Å². The van der Waals surface area contributed by atoms with Crippen molar-refractivity contribution in [2.45, 2.75) is 3.79 Å². The smallest absolute Gasteiger partial charge is 0.222 e. The molecule has 0 saturated heterocycles. The molecular formula is C27H20BBrCl3N. The van der Waals surface area contributed by atoms with Gasteiger partial charge in [-0.2, -0.15) is 0 Å². The highest BCUT2D eigenvalue weighted by atomic mass is 79.9. The van der Waals surface area contributed by atoms with E-state index in [0.717, 1.165) is 33.2 Å². The number of nitrogens with one attached hydrogen (secondary N) is 1. The van der Waals surface area contributed by atoms with E-state index >= 15 is 0 Å². The second kappa shape index (κ2) is 10.5. The van der Waals surface area contributed by atoms with E-state index in [0.29, 0.717) is 16.5 Å². The van der Waals surface area contributed by atoms with Gasteiger partial charge in [-0.15, -0.1) is 15.9 Å². The Hall–Kier alpha value is -2.04. The van der Waals surface area contributed by atoms with Gasteiger partial charge >= 0.3 is 0 Å². The highest BCUT2D eigenvalue weighted by Crippen LogP contribution is 2.42. The van der Waals surface area contributed by atoms with Crippen molar-refractivity contribution in [3.8, 4) is 0 Å². The van der Waals surface area contributed by atoms with Crippen LogP contribution in [0.25, 0.3) is 11.1 Å². The lowest BCUT2D eigenvalue weighted by Crippen LogP contribution is -2.39. The Morgan fingerprint density at radius 2 is 1.30 bits per heavy atom. The Bertz CT molecular complexity index is 1230. The van der Waals surface area contributed by atoms with Crippen molar-refractivity contribution >= 4 is 79.8 Å². The number of benzene rings is 3. The van der Waals surface area contributed by atoms with Gasteiger partial charge in [-0.3, -0.25) is 0 Å². The van der Waals surface area contributed by atoms with Crippen LogP contribution in [-0.4, -0.2) is 21.4 Å². The van der Waals surface area contributed by atoms with Crippen molar-refractivity contribution in [2.24, 2.45) is 0 Å². The van der Waals surface area contributed by atoms with Gasteiger partial charge in [0.25, 0.3) is 0 Å². The predicted octanol–water partition coefficient (Wildman–Crippen LogP) is 7.73. The average molecular weight is 556 g/mol. The first-order chi connectivity index (χ1) is 15.9. The largest absolute Gasteiger partial charge is 0.301 e. The first-order valence-corrected chi connectivity index (χ1v) is 12.7. The van der Waals surface area contributed by atoms with Crippen LogP contribution in [0.2, 0.25) is 0 Å². The number of hydrogen-bond acceptors (Lipinski definition) is 1. The second-order valence-corrected chi connectivity index (χ2v) is 10.7. The lowest BCUT2D eigenvalue weighted by Gasteiger charge is -2.29. The number of halogens is 4. The highest BCUT2D eigenvalue weighted by Gasteiger charge is 2.33. The molecule has 164 valence electrons. The fourth-order valence-electron chi connectivity index (χ4n) is 4.11. The van der Waals surface area contributed by atoms with Gasteiger partial charge in [0.1, 0.15) is 0 Å². The molecule has 0 saturated carbocycles. The predicted molar refractivity (Wildman–Crippen MR) is 150 cm³/mol. The van der Waals surface area contributed by atoms with E-state index in [-0.39, 0.29) is 6.71 Å². The van der Waals surface area contributed by atoms with Crippen LogP contribution in [0.3, 0.4) is 0 Å². The summed E-state index contributed by atoms with van der Waals surface area (Å²) in [5.41, 5.74) is 6.84. The quantitative estimate of drug-likeness (QED) is 0.246. The standard InChI is InChI=1S/C27H20BBrCl3N/c29-18-28(21-14-8-3-9-15-21)24-16-22(19-10-4-1-5-11-19)25(20-12-6-2-7-13-20)23(26(24)33)17-27(30,31)32/h1-17,33H,18H2. The molecular weight excluding hydrogens is 535 g/mol. The Morgan fingerprint density at radius 3 is 1.82 bits per heavy atom. The molecule has 1 N–H and O–H groups in total. The molecule has 0 amide bonds. The van der Waals surface area contributed by atoms with Gasteiger partial charge < -0.3 is 5.41 Å². The lowest BCUT2D eigenvalue weighted by molar-refractivity contribution is 1.40. The van der Waals surface area contributed by atoms with E-state index in [1.807, 2.05) is 66.7 Å². The zero-order chi connectivity index (χ0) is 23.4. The summed E-state index contributed by atoms with van der Waals surface area (Å²) in [6.45, 7) is -0.0338. The van der Waals surface area contributed by atoms with E-state index in [2.05, 4.69) is 46.3 Å². The molecule has 0 atom stereocenters. The van der Waals surface area contributed by atoms with Gasteiger partial charge in [-0.25, -0.2) is 0 Å². The second-order valence-electron chi connectivity index (χ2n) is 7.71. The van der Waals surface area contributed by atoms with Crippen molar-refractivity contribution in [3.63, 3.8) is 0 Å². The summed E-state index contributed by atoms with van der Waals surface area (Å²) in [6, 6.07) is 30.3. The summed E-state index contributed by atoms with van der Waals surface area (Å²) in [5, 5.41) is 9.89. The average Bonchev–Trinajstić information content (AvgIpc) is 2.82. The topological polar surface area (TPSA) is 23.9 Å². The fourth-order valence-corrected chi connectivity index (χ4v) is 5.16. The molecule has 4 rings (SSSR count). The van der Waals surface area contributed by atoms with E-state index in [9.17, 15) is 5.41 Å². The maximum atomic E-state index is 9.23. The molecule has 1 nitrogen and oxygen atoms in total. The summed E-state index contributed by atoms with van der Waals surface area (Å²) in [7, 11) is 0. The molecule has 0 radical (unpaired) electrons. The van der Waals surface area contributed by atoms with Crippen molar-refractivity contribution in [2.75, 3.05) is 5.23 Å². The summed E-state index contributed by atoms with van der Waals surface area (Å²) < 4.78 is -1.65. The van der Waals surface area contributed by atoms with Crippen LogP contribution in [0, 0.1) is 5.41 Å². The number of rotatable bonds is 5. The Morgan fingerprint density at radius 1 is 0.788 bits per heavy atom. The zero-order valence-corrected chi connectivity index (χ0v) is 21.5. The molecule has 6 heteroatoms. The molecule has 0 aromatic heterocycles. The van der Waals surface area contributed by atoms with E-state index in [1.54, 1.807) is 6.08 Å². The van der Waals surface area contributed by atoms with E-state index in [4.69, 9.17) is 34.8 Å². The Balaban J connectivity index is 2.04. The summed E-state index contributed by atoms with van der Waals surface area (Å²) in [5.74, 6) is 0. The monoisotopic (exact) mass is 553 g/mol. The highest BCUT2D eigenvalue weighted by molar-refractivity contribution is 9.09. The zero-order valence-electron chi connectivity index (χ0n) is 17.6. The minimum absolute atomic E-state index is 0.0338. The van der Waals surface area contributed by atoms with Crippen LogP contribution in [0.5, 0.6) is 0 Å². The SMILES string of the molecule is N=C1C(B(CBr)c2ccccc2)=CC(c2ccccc2)=C(c2ccccc2)C1=CC(Cl)(Cl)Cl. The number of allylic oxidation sites excluding steroid dienone is 6. The molecule has 0 bridgehead atoms. The first-order valence-electron chi connectivity index (χ1n) is 10.5. The molecule has 0 aliphatic heterocycles. The van der Waals surface area contributed by atoms with Crippen LogP contribution in [-0.2, 0) is 0 Å². The number of alkyl halides is 4. The van der Waals surface area contributed by atoms with Gasteiger partial charge in [-0.05, 0) is 39.1 Å². The van der Waals surface area contributed by atoms with E-state index < -0.39 is 3.79 Å². The van der Waals surface area contributed by atoms with Gasteiger partial charge in [-0.1, -0.05) is 137 Å². The first kappa shape index (κ1) is 24.1. The van der Waals surface area contributed by atoms with Crippen molar-refractivity contribution in [3.05, 3.63) is 125 Å². The van der Waals surface area contributed by atoms with Crippen LogP contribution >= 0.6 is 50.7 Å². The molecule has 3 aromatic rings. The minimum Gasteiger partial charge on any atom is -0.301 e. The van der Waals surface area contributed by atoms with Crippen molar-refractivity contribution < 1.29 is 0 Å². The van der Waals surface area contributed by atoms with Gasteiger partial charge in [0.15, 0.2) is 0 Å². The van der Waals surface area contributed by atoms with E-state index in [1.165, 1.54) is 0 Å². The Kier molecular flexibility index (Phi) is 7.66. The van der Waals surface area contributed by atoms with Crippen LogP contribution in [0.4, 0.5) is 0 Å². The third kappa shape index (κ3) is 5.55. The molecule has 0 heterocycles. The minimum atomic E-state index is -1.65. The fraction of sp³-hybridized carbons (Fsp3) is 0.0741. The summed E-state index contributed by atoms with van der Waals surface area (Å²) in [6.07, 6.45) is 3.68. The normalized spacial score (nSPS) is 15.6. The van der Waals surface area contributed by atoms with Gasteiger partial charge in [0, 0.05) is 5.57 Å². The third-order valence-corrected chi connectivity index (χ3v) is 6.56. The Labute approximate surface area is 218 Å². The molecule has 0 unspecified atom stereocenters. The maximum absolute atomic E-state index is 9.23. The maximum Gasteiger partial charge on any atom is 0.222 e. The van der Waals surface area contributed by atoms with Crippen molar-refractivity contribution in [1.29, 1.82) is 5.41 Å². The molecule has 0 fully saturated rings. The third-order valence-electron chi connectivity index (χ3n) is 5.58. The van der Waals surface area contributed by atoms with Crippen LogP contribution in [0.15, 0.2) is 114 Å². The van der Waals surface area contributed by atoms with Gasteiger partial charge in [0.05, 0.1) is 5.71 Å². The molecule has 3 aromatic carbocycles. The summed E-state index contributed by atoms with van der Waals surface area (Å²) in [4.78, 5) is 0. The molecule has 0 spiro atoms. The molecule has 1 aliphatic rings. The molecule has 1 aliphatic carbocycles. The van der Waals surface area contributed by atoms with Crippen molar-refractivity contribution in [1.82, 2.24) is 0 Å². The lowest BCUT2D eigenvalue weighted by atomic mass is 9.39. The molecule has 33 heavy (non-hydrogen) atoms. The number of hydrogen-bond donors (Lipinski definition) is 1. The summed E-state index contributed by atoms with van der Waals surface area (Å²) >= 11 is 22.5. The van der Waals surface area contributed by atoms with Crippen LogP contribution in [0.1, 0.15) is 11.1 Å².